The zero-order valence-electron chi connectivity index (χ0n) is 16.7. The van der Waals surface area contributed by atoms with Crippen LogP contribution in [0.3, 0.4) is 0 Å². The van der Waals surface area contributed by atoms with Crippen LogP contribution >= 0.6 is 0 Å². The molecule has 28 heavy (non-hydrogen) atoms. The van der Waals surface area contributed by atoms with Crippen LogP contribution in [-0.4, -0.2) is 40.2 Å². The van der Waals surface area contributed by atoms with Crippen LogP contribution in [0.5, 0.6) is 5.75 Å². The first kappa shape index (κ1) is 21.1. The molecular weight excluding hydrogens is 362 g/mol. The first-order chi connectivity index (χ1) is 13.2. The summed E-state index contributed by atoms with van der Waals surface area (Å²) in [5, 5.41) is 6.95. The van der Waals surface area contributed by atoms with Crippen molar-refractivity contribution < 1.29 is 23.9 Å². The molecule has 0 aliphatic heterocycles. The Morgan fingerprint density at radius 3 is 2.36 bits per heavy atom. The van der Waals surface area contributed by atoms with Crippen molar-refractivity contribution in [3.8, 4) is 5.75 Å². The first-order valence-electron chi connectivity index (χ1n) is 8.99. The Balaban J connectivity index is 1.85. The van der Waals surface area contributed by atoms with E-state index < -0.39 is 18.0 Å². The van der Waals surface area contributed by atoms with Gasteiger partial charge in [0.1, 0.15) is 5.75 Å². The number of hydrogen-bond donors (Lipinski definition) is 1. The molecule has 0 aliphatic rings. The van der Waals surface area contributed by atoms with E-state index in [9.17, 15) is 14.4 Å². The standard InChI is InChI=1S/C20H25N3O5/c1-6-17(24)15-7-9-16(10-8-15)27-11-18(25)28-14(4)20(26)21-19-12(2)22-23(5)13(19)3/h7-10,14H,6,11H2,1-5H3,(H,21,26)/t14-/m0/s1. The highest BCUT2D eigenvalue weighted by Gasteiger charge is 2.21. The number of Topliss-reactive ketones (excluding diaryl/α,β-unsaturated/α-hetero) is 1. The van der Waals surface area contributed by atoms with Crippen molar-refractivity contribution in [3.63, 3.8) is 0 Å². The summed E-state index contributed by atoms with van der Waals surface area (Å²) in [6, 6.07) is 6.50. The van der Waals surface area contributed by atoms with Gasteiger partial charge >= 0.3 is 5.97 Å². The highest BCUT2D eigenvalue weighted by molar-refractivity contribution is 5.96. The minimum absolute atomic E-state index is 0.0323. The summed E-state index contributed by atoms with van der Waals surface area (Å²) in [6.45, 7) is 6.55. The van der Waals surface area contributed by atoms with E-state index in [4.69, 9.17) is 9.47 Å². The molecule has 1 heterocycles. The fourth-order valence-corrected chi connectivity index (χ4v) is 2.55. The molecule has 0 saturated carbocycles. The van der Waals surface area contributed by atoms with Crippen molar-refractivity contribution in [1.82, 2.24) is 9.78 Å². The van der Waals surface area contributed by atoms with Crippen LogP contribution in [0, 0.1) is 13.8 Å². The van der Waals surface area contributed by atoms with E-state index in [0.717, 1.165) is 5.69 Å². The molecule has 0 bridgehead atoms. The van der Waals surface area contributed by atoms with E-state index in [1.54, 1.807) is 49.8 Å². The minimum atomic E-state index is -0.986. The van der Waals surface area contributed by atoms with E-state index in [1.165, 1.54) is 6.92 Å². The molecule has 8 nitrogen and oxygen atoms in total. The average Bonchev–Trinajstić information content (AvgIpc) is 2.92. The smallest absolute Gasteiger partial charge is 0.344 e. The van der Waals surface area contributed by atoms with Gasteiger partial charge in [0.2, 0.25) is 0 Å². The lowest BCUT2D eigenvalue weighted by Crippen LogP contribution is -2.32. The Kier molecular flexibility index (Phi) is 6.92. The lowest BCUT2D eigenvalue weighted by molar-refractivity contribution is -0.155. The summed E-state index contributed by atoms with van der Waals surface area (Å²) < 4.78 is 12.1. The molecule has 150 valence electrons. The number of carbonyl (C=O) groups is 3. The van der Waals surface area contributed by atoms with Gasteiger partial charge in [-0.1, -0.05) is 6.92 Å². The largest absolute Gasteiger partial charge is 0.482 e. The van der Waals surface area contributed by atoms with Crippen molar-refractivity contribution in [3.05, 3.63) is 41.2 Å². The molecule has 0 spiro atoms. The number of anilines is 1. The number of ketones is 1. The topological polar surface area (TPSA) is 99.5 Å². The maximum absolute atomic E-state index is 12.3. The van der Waals surface area contributed by atoms with E-state index >= 15 is 0 Å². The van der Waals surface area contributed by atoms with Gasteiger partial charge in [0.05, 0.1) is 17.1 Å². The number of benzene rings is 1. The number of amides is 1. The normalized spacial score (nSPS) is 11.6. The molecule has 0 radical (unpaired) electrons. The van der Waals surface area contributed by atoms with Crippen LogP contribution in [0.1, 0.15) is 42.0 Å². The van der Waals surface area contributed by atoms with Gasteiger partial charge in [-0.2, -0.15) is 5.10 Å². The Hall–Kier alpha value is -3.16. The van der Waals surface area contributed by atoms with Gasteiger partial charge in [0.15, 0.2) is 18.5 Å². The maximum Gasteiger partial charge on any atom is 0.344 e. The lowest BCUT2D eigenvalue weighted by Gasteiger charge is -2.14. The van der Waals surface area contributed by atoms with Crippen LogP contribution < -0.4 is 10.1 Å². The Morgan fingerprint density at radius 1 is 1.18 bits per heavy atom. The molecule has 1 amide bonds. The summed E-state index contributed by atoms with van der Waals surface area (Å²) in [4.78, 5) is 35.8. The Labute approximate surface area is 163 Å². The molecule has 0 fully saturated rings. The molecule has 1 N–H and O–H groups in total. The van der Waals surface area contributed by atoms with Crippen LogP contribution in [-0.2, 0) is 21.4 Å². The third-order valence-electron chi connectivity index (χ3n) is 4.29. The van der Waals surface area contributed by atoms with E-state index in [1.807, 2.05) is 6.92 Å². The van der Waals surface area contributed by atoms with Crippen molar-refractivity contribution in [2.75, 3.05) is 11.9 Å². The monoisotopic (exact) mass is 387 g/mol. The summed E-state index contributed by atoms with van der Waals surface area (Å²) in [6.07, 6.45) is -0.565. The molecule has 2 aromatic rings. The number of ether oxygens (including phenoxy) is 2. The highest BCUT2D eigenvalue weighted by Crippen LogP contribution is 2.19. The van der Waals surface area contributed by atoms with Crippen LogP contribution in [0.25, 0.3) is 0 Å². The molecular formula is C20H25N3O5. The van der Waals surface area contributed by atoms with Crippen molar-refractivity contribution in [1.29, 1.82) is 0 Å². The number of aromatic nitrogens is 2. The third kappa shape index (κ3) is 5.18. The molecule has 1 aromatic heterocycles. The number of nitrogens with one attached hydrogen (secondary N) is 1. The van der Waals surface area contributed by atoms with Gasteiger partial charge < -0.3 is 14.8 Å². The quantitative estimate of drug-likeness (QED) is 0.552. The van der Waals surface area contributed by atoms with Crippen LogP contribution in [0.2, 0.25) is 0 Å². The molecule has 2 rings (SSSR count). The Bertz CT molecular complexity index is 871. The Morgan fingerprint density at radius 2 is 1.82 bits per heavy atom. The number of nitrogens with zero attached hydrogens (tertiary/aromatic N) is 2. The average molecular weight is 387 g/mol. The van der Waals surface area contributed by atoms with E-state index in [2.05, 4.69) is 10.4 Å². The van der Waals surface area contributed by atoms with Gasteiger partial charge in [-0.05, 0) is 45.0 Å². The van der Waals surface area contributed by atoms with Crippen molar-refractivity contribution in [2.45, 2.75) is 40.2 Å². The first-order valence-corrected chi connectivity index (χ1v) is 8.99. The number of esters is 1. The number of carbonyl (C=O) groups excluding carboxylic acids is 3. The summed E-state index contributed by atoms with van der Waals surface area (Å²) >= 11 is 0. The van der Waals surface area contributed by atoms with E-state index in [-0.39, 0.29) is 12.4 Å². The third-order valence-corrected chi connectivity index (χ3v) is 4.29. The summed E-state index contributed by atoms with van der Waals surface area (Å²) in [5.74, 6) is -0.654. The molecule has 0 saturated heterocycles. The van der Waals surface area contributed by atoms with Gasteiger partial charge in [0, 0.05) is 19.0 Å². The fraction of sp³-hybridized carbons (Fsp3) is 0.400. The second-order valence-electron chi connectivity index (χ2n) is 6.38. The second kappa shape index (κ2) is 9.16. The SMILES string of the molecule is CCC(=O)c1ccc(OCC(=O)O[C@@H](C)C(=O)Nc2c(C)nn(C)c2C)cc1. The van der Waals surface area contributed by atoms with Crippen LogP contribution in [0.4, 0.5) is 5.69 Å². The van der Waals surface area contributed by atoms with Crippen molar-refractivity contribution in [2.24, 2.45) is 7.05 Å². The summed E-state index contributed by atoms with van der Waals surface area (Å²) in [7, 11) is 1.78. The maximum atomic E-state index is 12.3. The fourth-order valence-electron chi connectivity index (χ4n) is 2.55. The molecule has 0 unspecified atom stereocenters. The molecule has 1 atom stereocenters. The lowest BCUT2D eigenvalue weighted by atomic mass is 10.1. The van der Waals surface area contributed by atoms with Crippen LogP contribution in [0.15, 0.2) is 24.3 Å². The van der Waals surface area contributed by atoms with Gasteiger partial charge in [0.25, 0.3) is 5.91 Å². The number of aryl methyl sites for hydroxylation is 2. The number of rotatable bonds is 8. The molecule has 0 aliphatic carbocycles. The molecule has 1 aromatic carbocycles. The number of hydrogen-bond acceptors (Lipinski definition) is 6. The van der Waals surface area contributed by atoms with Gasteiger partial charge in [-0.15, -0.1) is 0 Å². The second-order valence-corrected chi connectivity index (χ2v) is 6.38. The van der Waals surface area contributed by atoms with E-state index in [0.29, 0.717) is 29.1 Å². The predicted octanol–water partition coefficient (Wildman–Crippen LogP) is 2.58. The summed E-state index contributed by atoms with van der Waals surface area (Å²) in [5.41, 5.74) is 2.68. The zero-order chi connectivity index (χ0) is 20.8. The highest BCUT2D eigenvalue weighted by atomic mass is 16.6. The predicted molar refractivity (Wildman–Crippen MR) is 103 cm³/mol. The van der Waals surface area contributed by atoms with Crippen molar-refractivity contribution >= 4 is 23.3 Å². The molecule has 8 heteroatoms. The van der Waals surface area contributed by atoms with Gasteiger partial charge in [-0.25, -0.2) is 4.79 Å². The minimum Gasteiger partial charge on any atom is -0.482 e. The zero-order valence-corrected chi connectivity index (χ0v) is 16.7. The van der Waals surface area contributed by atoms with Gasteiger partial charge in [-0.3, -0.25) is 14.3 Å².